The number of pyridine rings is 1. The van der Waals surface area contributed by atoms with Gasteiger partial charge in [0.05, 0.1) is 17.3 Å². The van der Waals surface area contributed by atoms with Crippen LogP contribution >= 0.6 is 0 Å². The van der Waals surface area contributed by atoms with Crippen molar-refractivity contribution in [3.8, 4) is 11.1 Å². The van der Waals surface area contributed by atoms with Crippen molar-refractivity contribution in [1.82, 2.24) is 20.1 Å². The number of nitrogens with one attached hydrogen (secondary N) is 1. The van der Waals surface area contributed by atoms with Gasteiger partial charge in [-0.25, -0.2) is 8.78 Å². The van der Waals surface area contributed by atoms with E-state index >= 15 is 0 Å². The predicted octanol–water partition coefficient (Wildman–Crippen LogP) is 5.31. The minimum Gasteiger partial charge on any atom is -0.366 e. The van der Waals surface area contributed by atoms with Gasteiger partial charge in [0, 0.05) is 23.0 Å². The molecule has 1 atom stereocenters. The third-order valence-electron chi connectivity index (χ3n) is 6.62. The Morgan fingerprint density at radius 2 is 1.83 bits per heavy atom. The highest BCUT2D eigenvalue weighted by molar-refractivity contribution is 5.94. The number of hydrogen-bond donors (Lipinski definition) is 2. The fourth-order valence-electron chi connectivity index (χ4n) is 4.70. The zero-order valence-electron chi connectivity index (χ0n) is 22.1. The number of primary amides is 1. The van der Waals surface area contributed by atoms with Crippen molar-refractivity contribution in [3.63, 3.8) is 0 Å². The van der Waals surface area contributed by atoms with Gasteiger partial charge >= 0.3 is 6.18 Å². The number of nitrogens with zero attached hydrogens (tertiary/aromatic N) is 3. The summed E-state index contributed by atoms with van der Waals surface area (Å²) in [7, 11) is 0. The van der Waals surface area contributed by atoms with E-state index in [1.165, 1.54) is 43.5 Å². The summed E-state index contributed by atoms with van der Waals surface area (Å²) in [5.74, 6) is -2.95. The monoisotopic (exact) mass is 571 g/mol. The Balaban J connectivity index is 1.73. The molecule has 0 saturated heterocycles. The lowest BCUT2D eigenvalue weighted by Crippen LogP contribution is -2.34. The second-order valence-corrected chi connectivity index (χ2v) is 9.37. The van der Waals surface area contributed by atoms with Crippen LogP contribution in [0.25, 0.3) is 11.1 Å². The molecular formula is C29H26F5N5O2. The Labute approximate surface area is 232 Å². The Kier molecular flexibility index (Phi) is 8.50. The van der Waals surface area contributed by atoms with Crippen molar-refractivity contribution >= 4 is 11.8 Å². The van der Waals surface area contributed by atoms with E-state index in [0.29, 0.717) is 22.4 Å². The van der Waals surface area contributed by atoms with Crippen molar-refractivity contribution in [3.05, 3.63) is 106 Å². The Hall–Kier alpha value is -4.61. The first kappa shape index (κ1) is 29.4. The zero-order chi connectivity index (χ0) is 29.9. The molecule has 2 heterocycles. The van der Waals surface area contributed by atoms with Crippen LogP contribution in [0.3, 0.4) is 0 Å². The highest BCUT2D eigenvalue weighted by atomic mass is 19.4. The predicted molar refractivity (Wildman–Crippen MR) is 140 cm³/mol. The summed E-state index contributed by atoms with van der Waals surface area (Å²) >= 11 is 0. The zero-order valence-corrected chi connectivity index (χ0v) is 22.1. The van der Waals surface area contributed by atoms with E-state index < -0.39 is 47.9 Å². The Bertz CT molecular complexity index is 1600. The molecule has 0 fully saturated rings. The van der Waals surface area contributed by atoms with Crippen LogP contribution in [0.15, 0.2) is 60.8 Å². The number of carbonyl (C=O) groups is 2. The number of amides is 2. The summed E-state index contributed by atoms with van der Waals surface area (Å²) in [6.45, 7) is 2.51. The highest BCUT2D eigenvalue weighted by Crippen LogP contribution is 2.33. The van der Waals surface area contributed by atoms with Crippen molar-refractivity contribution in [2.45, 2.75) is 45.5 Å². The fraction of sp³-hybridized carbons (Fsp3) is 0.241. The molecule has 2 aromatic carbocycles. The number of aromatic nitrogens is 3. The summed E-state index contributed by atoms with van der Waals surface area (Å²) in [4.78, 5) is 29.4. The van der Waals surface area contributed by atoms with Gasteiger partial charge in [0.25, 0.3) is 5.91 Å². The van der Waals surface area contributed by atoms with Crippen LogP contribution in [0.4, 0.5) is 22.0 Å². The van der Waals surface area contributed by atoms with Gasteiger partial charge in [-0.15, -0.1) is 0 Å². The summed E-state index contributed by atoms with van der Waals surface area (Å²) in [5.41, 5.74) is 5.74. The van der Waals surface area contributed by atoms with Gasteiger partial charge < -0.3 is 11.1 Å². The van der Waals surface area contributed by atoms with Crippen molar-refractivity contribution in [1.29, 1.82) is 0 Å². The van der Waals surface area contributed by atoms with Crippen LogP contribution in [-0.4, -0.2) is 26.6 Å². The molecule has 4 aromatic rings. The van der Waals surface area contributed by atoms with E-state index in [0.717, 1.165) is 10.7 Å². The molecule has 0 saturated carbocycles. The maximum atomic E-state index is 14.2. The average molecular weight is 572 g/mol. The number of halogens is 5. The van der Waals surface area contributed by atoms with Crippen molar-refractivity contribution in [2.24, 2.45) is 5.73 Å². The fourth-order valence-corrected chi connectivity index (χ4v) is 4.70. The van der Waals surface area contributed by atoms with Crippen molar-refractivity contribution in [2.75, 3.05) is 0 Å². The number of rotatable bonds is 9. The standard InChI is InChI=1S/C29H26F5N5O2/c1-3-20-16(2)39(38-27(20)29(32,33)34)15-25(40)37-24(13-17-6-4-7-19(30)12-17)26-21(8-5-11-36-26)18-9-10-23(31)22(14-18)28(35)41/h4-12,14,24H,3,13,15H2,1-2H3,(H2,35,41)(H,37,40)/t24-/m0/s1. The summed E-state index contributed by atoms with van der Waals surface area (Å²) in [5, 5.41) is 6.44. The van der Waals surface area contributed by atoms with Crippen LogP contribution in [0.5, 0.6) is 0 Å². The second kappa shape index (κ2) is 11.9. The Morgan fingerprint density at radius 3 is 2.46 bits per heavy atom. The molecule has 41 heavy (non-hydrogen) atoms. The van der Waals surface area contributed by atoms with E-state index in [2.05, 4.69) is 15.4 Å². The molecule has 214 valence electrons. The van der Waals surface area contributed by atoms with Gasteiger partial charge in [0.2, 0.25) is 5.91 Å². The number of alkyl halides is 3. The first-order valence-corrected chi connectivity index (χ1v) is 12.6. The summed E-state index contributed by atoms with van der Waals surface area (Å²) in [6.07, 6.45) is -3.08. The third-order valence-corrected chi connectivity index (χ3v) is 6.62. The number of carbonyl (C=O) groups excluding carboxylic acids is 2. The molecule has 2 amide bonds. The highest BCUT2D eigenvalue weighted by Gasteiger charge is 2.38. The lowest BCUT2D eigenvalue weighted by atomic mass is 9.94. The molecule has 0 radical (unpaired) electrons. The largest absolute Gasteiger partial charge is 0.435 e. The average Bonchev–Trinajstić information content (AvgIpc) is 3.23. The maximum absolute atomic E-state index is 14.2. The minimum absolute atomic E-state index is 0.00446. The van der Waals surface area contributed by atoms with E-state index in [1.807, 2.05) is 0 Å². The van der Waals surface area contributed by atoms with Gasteiger partial charge in [-0.3, -0.25) is 19.3 Å². The molecule has 0 aliphatic rings. The molecule has 0 spiro atoms. The van der Waals surface area contributed by atoms with Gasteiger partial charge in [-0.2, -0.15) is 18.3 Å². The Morgan fingerprint density at radius 1 is 1.07 bits per heavy atom. The topological polar surface area (TPSA) is 103 Å². The number of hydrogen-bond acceptors (Lipinski definition) is 4. The lowest BCUT2D eigenvalue weighted by molar-refractivity contribution is -0.142. The van der Waals surface area contributed by atoms with Gasteiger partial charge in [-0.1, -0.05) is 31.2 Å². The molecule has 12 heteroatoms. The SMILES string of the molecule is CCc1c(C(F)(F)F)nn(CC(=O)N[C@@H](Cc2cccc(F)c2)c2ncccc2-c2ccc(F)c(C(N)=O)c2)c1C. The molecule has 0 unspecified atom stereocenters. The first-order valence-electron chi connectivity index (χ1n) is 12.6. The van der Waals surface area contributed by atoms with E-state index in [9.17, 15) is 31.5 Å². The van der Waals surface area contributed by atoms with E-state index in [4.69, 9.17) is 5.73 Å². The molecule has 0 aliphatic carbocycles. The first-order chi connectivity index (χ1) is 19.4. The van der Waals surface area contributed by atoms with E-state index in [1.54, 1.807) is 25.1 Å². The maximum Gasteiger partial charge on any atom is 0.435 e. The number of nitrogens with two attached hydrogens (primary N) is 1. The van der Waals surface area contributed by atoms with Crippen LogP contribution < -0.4 is 11.1 Å². The smallest absolute Gasteiger partial charge is 0.366 e. The molecule has 4 rings (SSSR count). The second-order valence-electron chi connectivity index (χ2n) is 9.37. The summed E-state index contributed by atoms with van der Waals surface area (Å²) < 4.78 is 69.7. The lowest BCUT2D eigenvalue weighted by Gasteiger charge is -2.22. The quantitative estimate of drug-likeness (QED) is 0.266. The molecule has 7 nitrogen and oxygen atoms in total. The molecule has 0 bridgehead atoms. The normalized spacial score (nSPS) is 12.3. The molecule has 3 N–H and O–H groups in total. The van der Waals surface area contributed by atoms with Crippen LogP contribution in [0.1, 0.15) is 51.5 Å². The molecule has 0 aliphatic heterocycles. The van der Waals surface area contributed by atoms with Crippen molar-refractivity contribution < 1.29 is 31.5 Å². The molecular weight excluding hydrogens is 545 g/mol. The summed E-state index contributed by atoms with van der Waals surface area (Å²) in [6, 6.07) is 11.8. The van der Waals surface area contributed by atoms with E-state index in [-0.39, 0.29) is 29.7 Å². The van der Waals surface area contributed by atoms with Crippen LogP contribution in [-0.2, 0) is 30.4 Å². The van der Waals surface area contributed by atoms with Gasteiger partial charge in [-0.05, 0) is 61.2 Å². The van der Waals surface area contributed by atoms with Gasteiger partial charge in [0.1, 0.15) is 18.2 Å². The van der Waals surface area contributed by atoms with Crippen LogP contribution in [0.2, 0.25) is 0 Å². The van der Waals surface area contributed by atoms with Gasteiger partial charge in [0.15, 0.2) is 5.69 Å². The third kappa shape index (κ3) is 6.59. The number of benzene rings is 2. The van der Waals surface area contributed by atoms with Crippen LogP contribution in [0, 0.1) is 18.6 Å². The minimum atomic E-state index is -4.68. The molecule has 2 aromatic heterocycles.